The van der Waals surface area contributed by atoms with Crippen molar-refractivity contribution in [2.45, 2.75) is 116 Å². The first kappa shape index (κ1) is 36.6. The molecule has 2 unspecified atom stereocenters. The normalized spacial score (nSPS) is 22.3. The third kappa shape index (κ3) is 6.89. The fourth-order valence-corrected chi connectivity index (χ4v) is 11.7. The zero-order chi connectivity index (χ0) is 38.5. The van der Waals surface area contributed by atoms with Crippen LogP contribution in [0.1, 0.15) is 110 Å². The van der Waals surface area contributed by atoms with E-state index in [-0.39, 0.29) is 5.41 Å². The van der Waals surface area contributed by atoms with E-state index in [0.717, 1.165) is 58.7 Å². The summed E-state index contributed by atoms with van der Waals surface area (Å²) in [4.78, 5) is 10.4. The van der Waals surface area contributed by atoms with Gasteiger partial charge in [0.2, 0.25) is 0 Å². The number of pyridine rings is 1. The molecule has 57 heavy (non-hydrogen) atoms. The predicted octanol–water partition coefficient (Wildman–Crippen LogP) is 14.1. The summed E-state index contributed by atoms with van der Waals surface area (Å²) in [7, 11) is 0. The molecule has 3 saturated carbocycles. The quantitative estimate of drug-likeness (QED) is 0.162. The monoisotopic (exact) mass is 756 g/mol. The highest BCUT2D eigenvalue weighted by Gasteiger charge is 2.46. The number of nitrogens with zero attached hydrogens (tertiary/aromatic N) is 4. The van der Waals surface area contributed by atoms with E-state index in [1.54, 1.807) is 0 Å². The van der Waals surface area contributed by atoms with Gasteiger partial charge in [0.15, 0.2) is 0 Å². The standard InChI is InChI=1S/C52H60N4O/c1-52(2,3)38-30-31-53-50(32-38)56-46-25-11-10-22-44(46)45-29-28-41(34-49(45)56)57-40-21-14-20-39(33-40)54-35-55(48-27-13-12-26-47(48)54)51-42(36-16-6-4-7-17-36)23-15-24-43(51)37-18-8-5-9-19-37/h10-14,20-22,25-34,36-37,42-43,51H,4-9,15-19,23-24,35H2,1-3H3. The summed E-state index contributed by atoms with van der Waals surface area (Å²) in [6.07, 6.45) is 20.5. The minimum atomic E-state index is 0.0210. The minimum absolute atomic E-state index is 0.0210. The van der Waals surface area contributed by atoms with E-state index in [1.165, 1.54) is 117 Å². The second-order valence-electron chi connectivity index (χ2n) is 18.9. The Morgan fingerprint density at radius 3 is 1.98 bits per heavy atom. The molecular weight excluding hydrogens is 697 g/mol. The molecule has 4 aliphatic rings. The molecule has 10 rings (SSSR count). The van der Waals surface area contributed by atoms with Crippen LogP contribution in [-0.4, -0.2) is 22.3 Å². The van der Waals surface area contributed by atoms with Crippen LogP contribution in [-0.2, 0) is 5.41 Å². The summed E-state index contributed by atoms with van der Waals surface area (Å²) in [5.41, 5.74) is 7.49. The van der Waals surface area contributed by atoms with Gasteiger partial charge in [-0.3, -0.25) is 4.57 Å². The second-order valence-corrected chi connectivity index (χ2v) is 18.9. The summed E-state index contributed by atoms with van der Waals surface area (Å²) in [5, 5.41) is 2.42. The van der Waals surface area contributed by atoms with Gasteiger partial charge in [-0.2, -0.15) is 0 Å². The average Bonchev–Trinajstić information content (AvgIpc) is 3.80. The van der Waals surface area contributed by atoms with Crippen molar-refractivity contribution >= 4 is 38.9 Å². The van der Waals surface area contributed by atoms with Gasteiger partial charge in [0.25, 0.3) is 0 Å². The highest BCUT2D eigenvalue weighted by molar-refractivity contribution is 6.09. The number of hydrogen-bond donors (Lipinski definition) is 0. The van der Waals surface area contributed by atoms with Crippen LogP contribution in [0, 0.1) is 23.7 Å². The van der Waals surface area contributed by atoms with E-state index in [2.05, 4.69) is 138 Å². The Morgan fingerprint density at radius 2 is 1.25 bits per heavy atom. The van der Waals surface area contributed by atoms with E-state index < -0.39 is 0 Å². The number of anilines is 3. The SMILES string of the molecule is CC(C)(C)c1ccnc(-n2c3ccccc3c3ccc(Oc4cccc(N5CN(C6C(C7CCCCC7)CCCC6C6CCCCC6)c6ccccc65)c4)cc32)c1. The smallest absolute Gasteiger partial charge is 0.137 e. The number of rotatable bonds is 7. The molecule has 3 aliphatic carbocycles. The molecule has 0 amide bonds. The van der Waals surface area contributed by atoms with E-state index >= 15 is 0 Å². The maximum absolute atomic E-state index is 6.80. The molecular formula is C52H60N4O. The zero-order valence-corrected chi connectivity index (χ0v) is 34.4. The molecule has 3 fully saturated rings. The van der Waals surface area contributed by atoms with E-state index in [0.29, 0.717) is 6.04 Å². The third-order valence-corrected chi connectivity index (χ3v) is 14.4. The van der Waals surface area contributed by atoms with Gasteiger partial charge in [0.1, 0.15) is 17.3 Å². The number of ether oxygens (including phenoxy) is 1. The second kappa shape index (κ2) is 15.2. The van der Waals surface area contributed by atoms with Gasteiger partial charge in [0, 0.05) is 40.8 Å². The first-order chi connectivity index (χ1) is 27.9. The molecule has 2 atom stereocenters. The molecule has 4 aromatic carbocycles. The fourth-order valence-electron chi connectivity index (χ4n) is 11.7. The molecule has 0 spiro atoms. The van der Waals surface area contributed by atoms with Gasteiger partial charge in [-0.25, -0.2) is 4.98 Å². The van der Waals surface area contributed by atoms with Gasteiger partial charge >= 0.3 is 0 Å². The Labute approximate surface area is 340 Å². The summed E-state index contributed by atoms with van der Waals surface area (Å²) in [6.45, 7) is 7.69. The molecule has 0 saturated heterocycles. The van der Waals surface area contributed by atoms with Crippen LogP contribution in [0.25, 0.3) is 27.6 Å². The lowest BCUT2D eigenvalue weighted by Gasteiger charge is -2.51. The van der Waals surface area contributed by atoms with Crippen LogP contribution in [0.3, 0.4) is 0 Å². The van der Waals surface area contributed by atoms with Crippen molar-refractivity contribution in [3.05, 3.63) is 115 Å². The van der Waals surface area contributed by atoms with Crippen molar-refractivity contribution in [1.29, 1.82) is 0 Å². The number of para-hydroxylation sites is 3. The molecule has 0 bridgehead atoms. The number of aromatic nitrogens is 2. The first-order valence-electron chi connectivity index (χ1n) is 22.3. The lowest BCUT2D eigenvalue weighted by molar-refractivity contribution is 0.0797. The number of benzene rings is 4. The van der Waals surface area contributed by atoms with Crippen LogP contribution < -0.4 is 14.5 Å². The van der Waals surface area contributed by atoms with E-state index in [4.69, 9.17) is 9.72 Å². The van der Waals surface area contributed by atoms with Crippen LogP contribution in [0.2, 0.25) is 0 Å². The minimum Gasteiger partial charge on any atom is -0.457 e. The van der Waals surface area contributed by atoms with Crippen LogP contribution in [0.5, 0.6) is 11.5 Å². The largest absolute Gasteiger partial charge is 0.457 e. The molecule has 2 aromatic heterocycles. The van der Waals surface area contributed by atoms with Crippen LogP contribution in [0.4, 0.5) is 17.1 Å². The Kier molecular flexibility index (Phi) is 9.75. The number of hydrogen-bond acceptors (Lipinski definition) is 4. The first-order valence-corrected chi connectivity index (χ1v) is 22.3. The van der Waals surface area contributed by atoms with Crippen molar-refractivity contribution in [1.82, 2.24) is 9.55 Å². The van der Waals surface area contributed by atoms with Crippen molar-refractivity contribution in [3.63, 3.8) is 0 Å². The molecule has 1 aliphatic heterocycles. The van der Waals surface area contributed by atoms with E-state index in [1.807, 2.05) is 6.20 Å². The summed E-state index contributed by atoms with van der Waals surface area (Å²) in [6, 6.07) is 38.3. The zero-order valence-electron chi connectivity index (χ0n) is 34.4. The summed E-state index contributed by atoms with van der Waals surface area (Å²) < 4.78 is 9.10. The van der Waals surface area contributed by atoms with Crippen molar-refractivity contribution in [2.75, 3.05) is 16.5 Å². The predicted molar refractivity (Wildman–Crippen MR) is 237 cm³/mol. The van der Waals surface area contributed by atoms with Crippen molar-refractivity contribution < 1.29 is 4.74 Å². The van der Waals surface area contributed by atoms with Gasteiger partial charge in [0.05, 0.1) is 29.1 Å². The Balaban J connectivity index is 0.982. The Morgan fingerprint density at radius 1 is 0.579 bits per heavy atom. The number of fused-ring (bicyclic) bond motifs is 4. The molecule has 3 heterocycles. The average molecular weight is 757 g/mol. The summed E-state index contributed by atoms with van der Waals surface area (Å²) in [5.74, 6) is 5.96. The fraction of sp³-hybridized carbons (Fsp3) is 0.442. The van der Waals surface area contributed by atoms with Crippen LogP contribution in [0.15, 0.2) is 109 Å². The Bertz CT molecular complexity index is 2330. The molecule has 294 valence electrons. The third-order valence-electron chi connectivity index (χ3n) is 14.4. The highest BCUT2D eigenvalue weighted by Crippen LogP contribution is 2.52. The molecule has 6 aromatic rings. The van der Waals surface area contributed by atoms with Crippen LogP contribution >= 0.6 is 0 Å². The van der Waals surface area contributed by atoms with Crippen molar-refractivity contribution in [3.8, 4) is 17.3 Å². The van der Waals surface area contributed by atoms with Gasteiger partial charge in [-0.1, -0.05) is 128 Å². The maximum Gasteiger partial charge on any atom is 0.137 e. The molecule has 0 radical (unpaired) electrons. The highest BCUT2D eigenvalue weighted by atomic mass is 16.5. The van der Waals surface area contributed by atoms with Gasteiger partial charge in [-0.05, 0) is 102 Å². The molecule has 5 nitrogen and oxygen atoms in total. The van der Waals surface area contributed by atoms with Gasteiger partial charge < -0.3 is 14.5 Å². The topological polar surface area (TPSA) is 33.5 Å². The Hall–Kier alpha value is -4.77. The van der Waals surface area contributed by atoms with E-state index in [9.17, 15) is 0 Å². The van der Waals surface area contributed by atoms with Gasteiger partial charge in [-0.15, -0.1) is 0 Å². The van der Waals surface area contributed by atoms with Crippen molar-refractivity contribution in [2.24, 2.45) is 23.7 Å². The molecule has 0 N–H and O–H groups in total. The maximum atomic E-state index is 6.80. The lowest BCUT2D eigenvalue weighted by atomic mass is 9.62. The molecule has 5 heteroatoms. The lowest BCUT2D eigenvalue weighted by Crippen LogP contribution is -2.53. The summed E-state index contributed by atoms with van der Waals surface area (Å²) >= 11 is 0.